The maximum Gasteiger partial charge on any atom is 0.115 e. The normalized spacial score (nSPS) is 11.2. The van der Waals surface area contributed by atoms with Crippen molar-refractivity contribution < 1.29 is 0 Å². The molecule has 92 valence electrons. The van der Waals surface area contributed by atoms with Gasteiger partial charge in [-0.25, -0.2) is 4.98 Å². The summed E-state index contributed by atoms with van der Waals surface area (Å²) >= 11 is 7.57. The molecule has 0 atom stereocenters. The molecule has 0 amide bonds. The van der Waals surface area contributed by atoms with E-state index in [0.29, 0.717) is 5.88 Å². The number of alkyl halides is 1. The average molecular weight is 277 g/mol. The number of aryl methyl sites for hydroxylation is 2. The van der Waals surface area contributed by atoms with Crippen LogP contribution >= 0.6 is 22.9 Å². The fourth-order valence-electron chi connectivity index (χ4n) is 2.17. The molecule has 0 spiro atoms. The summed E-state index contributed by atoms with van der Waals surface area (Å²) in [6.07, 6.45) is 0.783. The van der Waals surface area contributed by atoms with Crippen LogP contribution in [0.25, 0.3) is 16.7 Å². The number of hydrogen-bond donors (Lipinski definition) is 0. The van der Waals surface area contributed by atoms with Gasteiger partial charge >= 0.3 is 0 Å². The summed E-state index contributed by atoms with van der Waals surface area (Å²) in [5.74, 6) is 1.62. The van der Waals surface area contributed by atoms with Gasteiger partial charge in [-0.05, 0) is 36.1 Å². The van der Waals surface area contributed by atoms with Gasteiger partial charge in [-0.15, -0.1) is 11.6 Å². The number of benzene rings is 1. The zero-order chi connectivity index (χ0) is 12.5. The van der Waals surface area contributed by atoms with Crippen molar-refractivity contribution in [3.63, 3.8) is 0 Å². The van der Waals surface area contributed by atoms with Crippen LogP contribution in [0.3, 0.4) is 0 Å². The lowest BCUT2D eigenvalue weighted by molar-refractivity contribution is 0.915. The molecule has 0 bridgehead atoms. The van der Waals surface area contributed by atoms with Crippen molar-refractivity contribution in [1.82, 2.24) is 9.55 Å². The monoisotopic (exact) mass is 276 g/mol. The van der Waals surface area contributed by atoms with E-state index in [1.165, 1.54) is 11.3 Å². The Labute approximate surface area is 115 Å². The molecule has 0 saturated heterocycles. The molecule has 2 nitrogen and oxygen atoms in total. The Morgan fingerprint density at radius 1 is 1.33 bits per heavy atom. The lowest BCUT2D eigenvalue weighted by Gasteiger charge is -2.05. The quantitative estimate of drug-likeness (QED) is 0.656. The molecule has 0 aliphatic rings. The second kappa shape index (κ2) is 4.75. The first kappa shape index (κ1) is 11.8. The Balaban J connectivity index is 2.28. The fraction of sp³-hybridized carbons (Fsp3) is 0.214. The minimum Gasteiger partial charge on any atom is -0.295 e. The topological polar surface area (TPSA) is 17.8 Å². The number of aromatic nitrogens is 2. The Hall–Kier alpha value is -1.32. The summed E-state index contributed by atoms with van der Waals surface area (Å²) in [6.45, 7) is 2.09. The maximum absolute atomic E-state index is 5.88. The van der Waals surface area contributed by atoms with E-state index in [4.69, 9.17) is 16.6 Å². The van der Waals surface area contributed by atoms with Gasteiger partial charge in [-0.1, -0.05) is 6.07 Å². The Morgan fingerprint density at radius 2 is 2.22 bits per heavy atom. The predicted molar refractivity (Wildman–Crippen MR) is 78.1 cm³/mol. The fourth-order valence-corrected chi connectivity index (χ4v) is 2.95. The molecule has 0 N–H and O–H groups in total. The molecule has 0 fully saturated rings. The first-order valence-corrected chi connectivity index (χ1v) is 7.34. The summed E-state index contributed by atoms with van der Waals surface area (Å²) in [5.41, 5.74) is 4.60. The highest BCUT2D eigenvalue weighted by Crippen LogP contribution is 2.24. The number of hydrogen-bond acceptors (Lipinski definition) is 2. The molecule has 18 heavy (non-hydrogen) atoms. The van der Waals surface area contributed by atoms with Crippen LogP contribution in [0, 0.1) is 6.92 Å². The van der Waals surface area contributed by atoms with Crippen LogP contribution < -0.4 is 0 Å². The highest BCUT2D eigenvalue weighted by Gasteiger charge is 2.12. The Bertz CT molecular complexity index is 670. The Kier molecular flexibility index (Phi) is 3.10. The van der Waals surface area contributed by atoms with Crippen LogP contribution in [0.4, 0.5) is 0 Å². The number of imidazole rings is 1. The molecule has 0 aliphatic heterocycles. The minimum absolute atomic E-state index is 0.590. The molecule has 0 radical (unpaired) electrons. The van der Waals surface area contributed by atoms with Gasteiger partial charge < -0.3 is 0 Å². The van der Waals surface area contributed by atoms with E-state index >= 15 is 0 Å². The molecule has 2 aromatic heterocycles. The van der Waals surface area contributed by atoms with E-state index in [1.807, 2.05) is 0 Å². The SMILES string of the molecule is Cc1ccc2c(c1)nc(CCCl)n2-c1ccsc1. The largest absolute Gasteiger partial charge is 0.295 e. The lowest BCUT2D eigenvalue weighted by atomic mass is 10.2. The summed E-state index contributed by atoms with van der Waals surface area (Å²) in [4.78, 5) is 4.70. The van der Waals surface area contributed by atoms with Crippen molar-refractivity contribution in [3.05, 3.63) is 46.4 Å². The average Bonchev–Trinajstić information content (AvgIpc) is 2.95. The number of fused-ring (bicyclic) bond motifs is 1. The van der Waals surface area contributed by atoms with E-state index in [2.05, 4.69) is 46.5 Å². The number of halogens is 1. The highest BCUT2D eigenvalue weighted by molar-refractivity contribution is 7.08. The molecule has 4 heteroatoms. The van der Waals surface area contributed by atoms with Crippen molar-refractivity contribution in [2.45, 2.75) is 13.3 Å². The van der Waals surface area contributed by atoms with E-state index in [0.717, 1.165) is 23.3 Å². The standard InChI is InChI=1S/C14H13ClN2S/c1-10-2-3-13-12(8-10)16-14(4-6-15)17(13)11-5-7-18-9-11/h2-3,5,7-9H,4,6H2,1H3. The third-order valence-electron chi connectivity index (χ3n) is 2.96. The third kappa shape index (κ3) is 1.93. The molecule has 0 saturated carbocycles. The van der Waals surface area contributed by atoms with Crippen molar-refractivity contribution in [2.24, 2.45) is 0 Å². The van der Waals surface area contributed by atoms with Crippen LogP contribution in [0.15, 0.2) is 35.0 Å². The first-order valence-electron chi connectivity index (χ1n) is 5.86. The van der Waals surface area contributed by atoms with Gasteiger partial charge in [-0.3, -0.25) is 4.57 Å². The summed E-state index contributed by atoms with van der Waals surface area (Å²) < 4.78 is 2.20. The van der Waals surface area contributed by atoms with E-state index in [-0.39, 0.29) is 0 Å². The smallest absolute Gasteiger partial charge is 0.115 e. The van der Waals surface area contributed by atoms with E-state index in [9.17, 15) is 0 Å². The third-order valence-corrected chi connectivity index (χ3v) is 3.82. The van der Waals surface area contributed by atoms with Crippen LogP contribution in [0.1, 0.15) is 11.4 Å². The summed E-state index contributed by atoms with van der Waals surface area (Å²) in [5, 5.41) is 4.22. The van der Waals surface area contributed by atoms with Gasteiger partial charge in [-0.2, -0.15) is 11.3 Å². The van der Waals surface area contributed by atoms with Crippen molar-refractivity contribution in [3.8, 4) is 5.69 Å². The zero-order valence-corrected chi connectivity index (χ0v) is 11.6. The summed E-state index contributed by atoms with van der Waals surface area (Å²) in [7, 11) is 0. The van der Waals surface area contributed by atoms with Crippen molar-refractivity contribution in [2.75, 3.05) is 5.88 Å². The molecular formula is C14H13ClN2S. The second-order valence-corrected chi connectivity index (χ2v) is 5.43. The van der Waals surface area contributed by atoms with Crippen LogP contribution in [0.5, 0.6) is 0 Å². The molecule has 2 heterocycles. The van der Waals surface area contributed by atoms with Gasteiger partial charge in [0.2, 0.25) is 0 Å². The lowest BCUT2D eigenvalue weighted by Crippen LogP contribution is -2.00. The number of rotatable bonds is 3. The number of nitrogens with zero attached hydrogens (tertiary/aromatic N) is 2. The summed E-state index contributed by atoms with van der Waals surface area (Å²) in [6, 6.07) is 8.49. The molecule has 0 unspecified atom stereocenters. The van der Waals surface area contributed by atoms with E-state index < -0.39 is 0 Å². The van der Waals surface area contributed by atoms with Gasteiger partial charge in [0.25, 0.3) is 0 Å². The Morgan fingerprint density at radius 3 is 2.94 bits per heavy atom. The predicted octanol–water partition coefficient (Wildman–Crippen LogP) is 4.18. The van der Waals surface area contributed by atoms with Crippen molar-refractivity contribution in [1.29, 1.82) is 0 Å². The van der Waals surface area contributed by atoms with Gasteiger partial charge in [0.1, 0.15) is 5.82 Å². The molecule has 0 aliphatic carbocycles. The highest BCUT2D eigenvalue weighted by atomic mass is 35.5. The second-order valence-electron chi connectivity index (χ2n) is 4.28. The van der Waals surface area contributed by atoms with Crippen LogP contribution in [0.2, 0.25) is 0 Å². The minimum atomic E-state index is 0.590. The van der Waals surface area contributed by atoms with Crippen molar-refractivity contribution >= 4 is 34.0 Å². The van der Waals surface area contributed by atoms with Gasteiger partial charge in [0.15, 0.2) is 0 Å². The molecule has 1 aromatic carbocycles. The molecular weight excluding hydrogens is 264 g/mol. The molecule has 3 rings (SSSR count). The first-order chi connectivity index (χ1) is 8.79. The van der Waals surface area contributed by atoms with Crippen LogP contribution in [-0.4, -0.2) is 15.4 Å². The van der Waals surface area contributed by atoms with Gasteiger partial charge in [0, 0.05) is 17.7 Å². The van der Waals surface area contributed by atoms with Gasteiger partial charge in [0.05, 0.1) is 16.7 Å². The molecule has 3 aromatic rings. The maximum atomic E-state index is 5.88. The zero-order valence-electron chi connectivity index (χ0n) is 10.1. The van der Waals surface area contributed by atoms with Crippen LogP contribution in [-0.2, 0) is 6.42 Å². The number of thiophene rings is 1. The van der Waals surface area contributed by atoms with E-state index in [1.54, 1.807) is 11.3 Å².